The minimum Gasteiger partial charge on any atom is -0.0616 e. The maximum atomic E-state index is 2.24. The predicted molar refractivity (Wildman–Crippen MR) is 60.6 cm³/mol. The lowest BCUT2D eigenvalue weighted by atomic mass is 10.1. The zero-order valence-corrected chi connectivity index (χ0v) is 7.77. The van der Waals surface area contributed by atoms with E-state index in [-0.39, 0.29) is 0 Å². The highest BCUT2D eigenvalue weighted by Gasteiger charge is 1.99. The highest BCUT2D eigenvalue weighted by molar-refractivity contribution is 5.87. The summed E-state index contributed by atoms with van der Waals surface area (Å²) in [6, 6.07) is 21.5. The predicted octanol–water partition coefficient (Wildman–Crippen LogP) is 3.94. The molecule has 14 heavy (non-hydrogen) atoms. The molecule has 0 saturated carbocycles. The third kappa shape index (κ3) is 1.08. The Morgan fingerprint density at radius 1 is 0.500 bits per heavy atom. The molecule has 2 aliphatic carbocycles. The van der Waals surface area contributed by atoms with Gasteiger partial charge in [-0.1, -0.05) is 54.6 Å². The number of hydrogen-bond acceptors (Lipinski definition) is 0. The molecule has 0 unspecified atom stereocenters. The molecule has 3 rings (SSSR count). The van der Waals surface area contributed by atoms with Crippen molar-refractivity contribution in [2.45, 2.75) is 0 Å². The van der Waals surface area contributed by atoms with Gasteiger partial charge in [-0.05, 0) is 28.0 Å². The van der Waals surface area contributed by atoms with Gasteiger partial charge in [0.1, 0.15) is 0 Å². The second-order valence-electron chi connectivity index (χ2n) is 3.54. The highest BCUT2D eigenvalue weighted by atomic mass is 14.0. The standard InChI is InChI=1S/C14H10/c1-2-5-13-10-14-7-3-6-12(14)9-8-11(13)4-1/h1-10H. The van der Waals surface area contributed by atoms with Gasteiger partial charge in [-0.15, -0.1) is 0 Å². The maximum absolute atomic E-state index is 2.24. The van der Waals surface area contributed by atoms with Crippen LogP contribution in [0.1, 0.15) is 0 Å². The van der Waals surface area contributed by atoms with Crippen LogP contribution in [0.25, 0.3) is 21.9 Å². The minimum absolute atomic E-state index is 1.30. The Morgan fingerprint density at radius 3 is 2.21 bits per heavy atom. The van der Waals surface area contributed by atoms with Crippen LogP contribution in [0.2, 0.25) is 0 Å². The zero-order chi connectivity index (χ0) is 9.38. The third-order valence-corrected chi connectivity index (χ3v) is 2.63. The first-order valence-corrected chi connectivity index (χ1v) is 4.81. The lowest BCUT2D eigenvalue weighted by Crippen LogP contribution is -1.64. The molecule has 0 atom stereocenters. The van der Waals surface area contributed by atoms with Crippen molar-refractivity contribution in [2.24, 2.45) is 0 Å². The second kappa shape index (κ2) is 2.85. The Morgan fingerprint density at radius 2 is 1.29 bits per heavy atom. The topological polar surface area (TPSA) is 0 Å². The first kappa shape index (κ1) is 7.57. The van der Waals surface area contributed by atoms with Gasteiger partial charge in [0.2, 0.25) is 0 Å². The minimum atomic E-state index is 1.30. The van der Waals surface area contributed by atoms with Crippen LogP contribution >= 0.6 is 0 Å². The summed E-state index contributed by atoms with van der Waals surface area (Å²) >= 11 is 0. The van der Waals surface area contributed by atoms with E-state index in [0.717, 1.165) is 0 Å². The first-order chi connectivity index (χ1) is 6.93. The van der Waals surface area contributed by atoms with Gasteiger partial charge < -0.3 is 0 Å². The van der Waals surface area contributed by atoms with E-state index < -0.39 is 0 Å². The van der Waals surface area contributed by atoms with Crippen LogP contribution < -0.4 is 0 Å². The van der Waals surface area contributed by atoms with Gasteiger partial charge in [-0.3, -0.25) is 0 Å². The van der Waals surface area contributed by atoms with Crippen LogP contribution in [0.3, 0.4) is 0 Å². The smallest absolute Gasteiger partial charge is 0.0178 e. The Hall–Kier alpha value is -1.82. The largest absolute Gasteiger partial charge is 0.0616 e. The fraction of sp³-hybridized carbons (Fsp3) is 0. The quantitative estimate of drug-likeness (QED) is 0.489. The summed E-state index contributed by atoms with van der Waals surface area (Å²) in [6.07, 6.45) is 0. The molecule has 2 aliphatic rings. The van der Waals surface area contributed by atoms with Crippen molar-refractivity contribution in [1.29, 1.82) is 0 Å². The van der Waals surface area contributed by atoms with E-state index >= 15 is 0 Å². The van der Waals surface area contributed by atoms with E-state index in [4.69, 9.17) is 0 Å². The fourth-order valence-corrected chi connectivity index (χ4v) is 1.87. The SMILES string of the molecule is c1cc2ccc3ccccc3cc-2c1. The van der Waals surface area contributed by atoms with Crippen molar-refractivity contribution < 1.29 is 0 Å². The zero-order valence-electron chi connectivity index (χ0n) is 7.77. The molecule has 0 saturated heterocycles. The Balaban J connectivity index is 2.48. The van der Waals surface area contributed by atoms with Gasteiger partial charge >= 0.3 is 0 Å². The van der Waals surface area contributed by atoms with E-state index in [9.17, 15) is 0 Å². The lowest BCUT2D eigenvalue weighted by molar-refractivity contribution is 1.82. The molecular weight excluding hydrogens is 168 g/mol. The van der Waals surface area contributed by atoms with Crippen LogP contribution in [0.4, 0.5) is 0 Å². The van der Waals surface area contributed by atoms with E-state index in [0.29, 0.717) is 0 Å². The van der Waals surface area contributed by atoms with Crippen LogP contribution in [0, 0.1) is 0 Å². The van der Waals surface area contributed by atoms with Gasteiger partial charge in [-0.2, -0.15) is 0 Å². The highest BCUT2D eigenvalue weighted by Crippen LogP contribution is 2.25. The summed E-state index contributed by atoms with van der Waals surface area (Å²) in [5.41, 5.74) is 2.62. The molecule has 1 aromatic rings. The van der Waals surface area contributed by atoms with Crippen LogP contribution in [0.15, 0.2) is 60.7 Å². The Kier molecular flexibility index (Phi) is 1.54. The summed E-state index contributed by atoms with van der Waals surface area (Å²) in [5.74, 6) is 0. The molecule has 0 bridgehead atoms. The van der Waals surface area contributed by atoms with Crippen molar-refractivity contribution in [3.05, 3.63) is 60.7 Å². The summed E-state index contributed by atoms with van der Waals surface area (Å²) in [4.78, 5) is 0. The van der Waals surface area contributed by atoms with Crippen LogP contribution in [-0.2, 0) is 0 Å². The van der Waals surface area contributed by atoms with Crippen molar-refractivity contribution in [2.75, 3.05) is 0 Å². The van der Waals surface area contributed by atoms with Gasteiger partial charge in [0.15, 0.2) is 0 Å². The maximum Gasteiger partial charge on any atom is -0.0178 e. The molecular formula is C14H10. The first-order valence-electron chi connectivity index (χ1n) is 4.81. The molecule has 0 nitrogen and oxygen atoms in total. The molecule has 0 fully saturated rings. The number of rotatable bonds is 0. The fourth-order valence-electron chi connectivity index (χ4n) is 1.87. The number of hydrogen-bond donors (Lipinski definition) is 0. The third-order valence-electron chi connectivity index (χ3n) is 2.63. The number of benzene rings is 1. The summed E-state index contributed by atoms with van der Waals surface area (Å²) in [6.45, 7) is 0. The van der Waals surface area contributed by atoms with Gasteiger partial charge in [-0.25, -0.2) is 0 Å². The van der Waals surface area contributed by atoms with Crippen molar-refractivity contribution >= 4 is 10.8 Å². The molecule has 1 aromatic carbocycles. The average molecular weight is 178 g/mol. The lowest BCUT2D eigenvalue weighted by Gasteiger charge is -1.90. The molecule has 0 heteroatoms. The summed E-state index contributed by atoms with van der Waals surface area (Å²) < 4.78 is 0. The van der Waals surface area contributed by atoms with Gasteiger partial charge in [0, 0.05) is 0 Å². The monoisotopic (exact) mass is 178 g/mol. The van der Waals surface area contributed by atoms with Crippen molar-refractivity contribution in [3.63, 3.8) is 0 Å². The molecule has 0 radical (unpaired) electrons. The van der Waals surface area contributed by atoms with Crippen LogP contribution in [0.5, 0.6) is 0 Å². The molecule has 0 N–H and O–H groups in total. The van der Waals surface area contributed by atoms with Gasteiger partial charge in [0.05, 0.1) is 0 Å². The molecule has 66 valence electrons. The normalized spacial score (nSPS) is 10.9. The summed E-state index contributed by atoms with van der Waals surface area (Å²) in [7, 11) is 0. The average Bonchev–Trinajstić information content (AvgIpc) is 2.58. The van der Waals surface area contributed by atoms with E-state index in [1.165, 1.54) is 21.9 Å². The number of fused-ring (bicyclic) bond motifs is 2. The van der Waals surface area contributed by atoms with E-state index in [2.05, 4.69) is 60.7 Å². The van der Waals surface area contributed by atoms with Crippen LogP contribution in [-0.4, -0.2) is 0 Å². The molecule has 0 aromatic heterocycles. The van der Waals surface area contributed by atoms with Gasteiger partial charge in [0.25, 0.3) is 0 Å². The Bertz CT molecular complexity index is 552. The molecule has 0 amide bonds. The molecule has 0 spiro atoms. The second-order valence-corrected chi connectivity index (χ2v) is 3.54. The van der Waals surface area contributed by atoms with E-state index in [1.54, 1.807) is 0 Å². The molecule has 0 aliphatic heterocycles. The van der Waals surface area contributed by atoms with E-state index in [1.807, 2.05) is 0 Å². The Labute approximate surface area is 83.1 Å². The van der Waals surface area contributed by atoms with Crippen molar-refractivity contribution in [1.82, 2.24) is 0 Å². The summed E-state index contributed by atoms with van der Waals surface area (Å²) in [5, 5.41) is 2.59. The molecule has 0 heterocycles. The van der Waals surface area contributed by atoms with Crippen molar-refractivity contribution in [3.8, 4) is 11.1 Å².